The summed E-state index contributed by atoms with van der Waals surface area (Å²) in [6.07, 6.45) is 4.87. The molecule has 0 fully saturated rings. The molecule has 0 saturated carbocycles. The van der Waals surface area contributed by atoms with Gasteiger partial charge in [0.25, 0.3) is 0 Å². The van der Waals surface area contributed by atoms with E-state index in [1.165, 1.54) is 13.3 Å². The van der Waals surface area contributed by atoms with Crippen molar-refractivity contribution in [2.24, 2.45) is 5.92 Å². The molecule has 0 radical (unpaired) electrons. The van der Waals surface area contributed by atoms with Crippen LogP contribution in [0, 0.1) is 5.92 Å². The van der Waals surface area contributed by atoms with E-state index in [4.69, 9.17) is 9.47 Å². The molecule has 0 aliphatic heterocycles. The molecule has 6 heteroatoms. The molecule has 0 amide bonds. The number of carbonyl (C=O) groups is 3. The average Bonchev–Trinajstić information content (AvgIpc) is 2.55. The Morgan fingerprint density at radius 1 is 1.26 bits per heavy atom. The number of esters is 1. The molecule has 0 spiro atoms. The summed E-state index contributed by atoms with van der Waals surface area (Å²) < 4.78 is 9.71. The second kappa shape index (κ2) is 10.6. The molecule has 1 aromatic heterocycles. The molecule has 0 aromatic carbocycles. The largest absolute Gasteiger partial charge is 0.466 e. The summed E-state index contributed by atoms with van der Waals surface area (Å²) in [6.45, 7) is 2.01. The Balaban J connectivity index is 2.61. The van der Waals surface area contributed by atoms with Crippen LogP contribution in [0.4, 0.5) is 0 Å². The molecular weight excluding hydrogens is 298 g/mol. The van der Waals surface area contributed by atoms with Gasteiger partial charge < -0.3 is 9.47 Å². The van der Waals surface area contributed by atoms with Crippen molar-refractivity contribution in [1.82, 2.24) is 4.98 Å². The highest BCUT2D eigenvalue weighted by molar-refractivity contribution is 6.10. The van der Waals surface area contributed by atoms with Crippen molar-refractivity contribution >= 4 is 17.5 Å². The van der Waals surface area contributed by atoms with Crippen molar-refractivity contribution in [3.63, 3.8) is 0 Å². The van der Waals surface area contributed by atoms with Gasteiger partial charge in [-0.15, -0.1) is 0 Å². The van der Waals surface area contributed by atoms with Crippen LogP contribution in [0.2, 0.25) is 0 Å². The summed E-state index contributed by atoms with van der Waals surface area (Å²) in [5.74, 6) is -1.53. The Labute approximate surface area is 136 Å². The van der Waals surface area contributed by atoms with Crippen LogP contribution in [0.15, 0.2) is 24.5 Å². The Hall–Kier alpha value is -2.08. The van der Waals surface area contributed by atoms with Crippen molar-refractivity contribution in [3.05, 3.63) is 30.1 Å². The van der Waals surface area contributed by atoms with Gasteiger partial charge in [-0.3, -0.25) is 19.4 Å². The number of pyridine rings is 1. The van der Waals surface area contributed by atoms with Crippen LogP contribution in [0.1, 0.15) is 43.0 Å². The minimum Gasteiger partial charge on any atom is -0.466 e. The maximum atomic E-state index is 12.5. The highest BCUT2D eigenvalue weighted by Crippen LogP contribution is 2.17. The van der Waals surface area contributed by atoms with Crippen LogP contribution >= 0.6 is 0 Å². The number of methoxy groups -OCH3 is 1. The summed E-state index contributed by atoms with van der Waals surface area (Å²) in [6, 6.07) is 3.30. The zero-order valence-corrected chi connectivity index (χ0v) is 13.6. The normalized spacial score (nSPS) is 11.7. The Morgan fingerprint density at radius 2 is 2.04 bits per heavy atom. The number of hydrogen-bond donors (Lipinski definition) is 0. The first-order chi connectivity index (χ1) is 11.1. The molecule has 0 aliphatic rings. The molecule has 6 nitrogen and oxygen atoms in total. The van der Waals surface area contributed by atoms with Gasteiger partial charge in [-0.1, -0.05) is 6.42 Å². The number of unbranched alkanes of at least 4 members (excludes halogenated alkanes) is 1. The number of hydrogen-bond acceptors (Lipinski definition) is 6. The minimum absolute atomic E-state index is 0.103. The first-order valence-electron chi connectivity index (χ1n) is 7.71. The van der Waals surface area contributed by atoms with Crippen LogP contribution in [0.5, 0.6) is 0 Å². The summed E-state index contributed by atoms with van der Waals surface area (Å²) in [5.41, 5.74) is 0.410. The van der Waals surface area contributed by atoms with E-state index in [1.807, 2.05) is 0 Å². The topological polar surface area (TPSA) is 82.6 Å². The van der Waals surface area contributed by atoms with E-state index >= 15 is 0 Å². The number of Topliss-reactive ketones (excluding diaryl/α,β-unsaturated/α-hetero) is 2. The zero-order valence-electron chi connectivity index (χ0n) is 13.6. The molecule has 1 heterocycles. The number of nitrogens with zero attached hydrogens (tertiary/aromatic N) is 1. The van der Waals surface area contributed by atoms with Crippen LogP contribution in [0.3, 0.4) is 0 Å². The molecule has 0 N–H and O–H groups in total. The maximum Gasteiger partial charge on any atom is 0.305 e. The summed E-state index contributed by atoms with van der Waals surface area (Å²) in [4.78, 5) is 39.8. The van der Waals surface area contributed by atoms with Gasteiger partial charge in [-0.25, -0.2) is 0 Å². The fourth-order valence-electron chi connectivity index (χ4n) is 2.24. The van der Waals surface area contributed by atoms with Crippen molar-refractivity contribution in [1.29, 1.82) is 0 Å². The van der Waals surface area contributed by atoms with Gasteiger partial charge in [0.05, 0.1) is 12.5 Å². The van der Waals surface area contributed by atoms with Crippen molar-refractivity contribution in [2.75, 3.05) is 20.3 Å². The van der Waals surface area contributed by atoms with E-state index < -0.39 is 5.92 Å². The smallest absolute Gasteiger partial charge is 0.305 e. The molecule has 0 saturated heterocycles. The van der Waals surface area contributed by atoms with Crippen LogP contribution in [-0.2, 0) is 19.1 Å². The molecule has 23 heavy (non-hydrogen) atoms. The highest BCUT2D eigenvalue weighted by Gasteiger charge is 2.27. The third kappa shape index (κ3) is 6.69. The second-order valence-electron chi connectivity index (χ2n) is 5.11. The van der Waals surface area contributed by atoms with Gasteiger partial charge in [0.15, 0.2) is 11.6 Å². The summed E-state index contributed by atoms with van der Waals surface area (Å²) in [5, 5.41) is 0. The summed E-state index contributed by atoms with van der Waals surface area (Å²) in [7, 11) is 1.42. The van der Waals surface area contributed by atoms with Gasteiger partial charge in [0.2, 0.25) is 0 Å². The molecule has 1 atom stereocenters. The third-order valence-electron chi connectivity index (χ3n) is 3.37. The fourth-order valence-corrected chi connectivity index (χ4v) is 2.24. The number of aromatic nitrogens is 1. The van der Waals surface area contributed by atoms with E-state index in [-0.39, 0.29) is 24.1 Å². The van der Waals surface area contributed by atoms with Gasteiger partial charge in [0.1, 0.15) is 6.61 Å². The quantitative estimate of drug-likeness (QED) is 0.269. The van der Waals surface area contributed by atoms with E-state index in [0.717, 1.165) is 0 Å². The number of ketones is 2. The van der Waals surface area contributed by atoms with Gasteiger partial charge in [0, 0.05) is 31.5 Å². The number of carbonyl (C=O) groups excluding carboxylic acids is 3. The number of rotatable bonds is 11. The molecule has 0 bridgehead atoms. The third-order valence-corrected chi connectivity index (χ3v) is 3.37. The molecule has 1 unspecified atom stereocenters. The van der Waals surface area contributed by atoms with E-state index in [2.05, 4.69) is 4.98 Å². The molecule has 1 rings (SSSR count). The van der Waals surface area contributed by atoms with E-state index in [0.29, 0.717) is 37.9 Å². The predicted octanol–water partition coefficient (Wildman–Crippen LogP) is 2.22. The first kappa shape index (κ1) is 19.0. The first-order valence-corrected chi connectivity index (χ1v) is 7.71. The molecule has 1 aromatic rings. The Kier molecular flexibility index (Phi) is 8.75. The van der Waals surface area contributed by atoms with Crippen molar-refractivity contribution < 1.29 is 23.9 Å². The Bertz CT molecular complexity index is 515. The van der Waals surface area contributed by atoms with Gasteiger partial charge >= 0.3 is 5.97 Å². The van der Waals surface area contributed by atoms with Crippen LogP contribution in [0.25, 0.3) is 0 Å². The fraction of sp³-hybridized carbons (Fsp3) is 0.529. The zero-order chi connectivity index (χ0) is 17.1. The number of ether oxygens (including phenoxy) is 2. The van der Waals surface area contributed by atoms with Gasteiger partial charge in [-0.05, 0) is 31.9 Å². The lowest BCUT2D eigenvalue weighted by atomic mass is 9.89. The molecular formula is C17H23NO5. The molecule has 126 valence electrons. The lowest BCUT2D eigenvalue weighted by Gasteiger charge is -2.14. The van der Waals surface area contributed by atoms with Gasteiger partial charge in [-0.2, -0.15) is 0 Å². The minimum atomic E-state index is -0.763. The molecule has 0 aliphatic carbocycles. The second-order valence-corrected chi connectivity index (χ2v) is 5.11. The van der Waals surface area contributed by atoms with Crippen LogP contribution in [-0.4, -0.2) is 42.8 Å². The lowest BCUT2D eigenvalue weighted by molar-refractivity contribution is -0.143. The maximum absolute atomic E-state index is 12.5. The van der Waals surface area contributed by atoms with Crippen LogP contribution < -0.4 is 0 Å². The lowest BCUT2D eigenvalue weighted by Crippen LogP contribution is -2.27. The SMILES string of the molecule is CCOC(=O)CCCCC(C(=O)COC)C(=O)c1cccnc1. The van der Waals surface area contributed by atoms with E-state index in [9.17, 15) is 14.4 Å². The van der Waals surface area contributed by atoms with Crippen molar-refractivity contribution in [3.8, 4) is 0 Å². The van der Waals surface area contributed by atoms with Crippen molar-refractivity contribution in [2.45, 2.75) is 32.6 Å². The summed E-state index contributed by atoms with van der Waals surface area (Å²) >= 11 is 0. The Morgan fingerprint density at radius 3 is 2.65 bits per heavy atom. The average molecular weight is 321 g/mol. The highest BCUT2D eigenvalue weighted by atomic mass is 16.5. The predicted molar refractivity (Wildman–Crippen MR) is 84.0 cm³/mol. The van der Waals surface area contributed by atoms with E-state index in [1.54, 1.807) is 25.3 Å². The monoisotopic (exact) mass is 321 g/mol. The standard InChI is InChI=1S/C17H23NO5/c1-3-23-16(20)9-5-4-8-14(15(19)12-22-2)17(21)13-7-6-10-18-11-13/h6-7,10-11,14H,3-5,8-9,12H2,1-2H3.